The number of carbonyl (C=O) groups is 1. The SMILES string of the molecule is C=CC1=C(C=C)C(=O)C(C)C1.CC. The Hall–Kier alpha value is -1.11. The summed E-state index contributed by atoms with van der Waals surface area (Å²) in [6.45, 7) is 13.2. The van der Waals surface area contributed by atoms with Crippen LogP contribution >= 0.6 is 0 Å². The molecule has 0 saturated carbocycles. The van der Waals surface area contributed by atoms with Crippen LogP contribution in [0.15, 0.2) is 36.5 Å². The second kappa shape index (κ2) is 5.52. The molecule has 13 heavy (non-hydrogen) atoms. The molecule has 0 heterocycles. The number of ketones is 1. The van der Waals surface area contributed by atoms with Gasteiger partial charge < -0.3 is 0 Å². The largest absolute Gasteiger partial charge is 0.294 e. The highest BCUT2D eigenvalue weighted by Crippen LogP contribution is 2.28. The van der Waals surface area contributed by atoms with E-state index in [1.807, 2.05) is 20.8 Å². The number of allylic oxidation sites excluding steroid dienone is 4. The predicted molar refractivity (Wildman–Crippen MR) is 57.6 cm³/mol. The van der Waals surface area contributed by atoms with Crippen molar-refractivity contribution in [2.24, 2.45) is 5.92 Å². The maximum atomic E-state index is 11.3. The van der Waals surface area contributed by atoms with Gasteiger partial charge in [0, 0.05) is 11.5 Å². The van der Waals surface area contributed by atoms with Gasteiger partial charge in [0.25, 0.3) is 0 Å². The first kappa shape index (κ1) is 11.9. The van der Waals surface area contributed by atoms with E-state index in [1.54, 1.807) is 12.2 Å². The third kappa shape index (κ3) is 2.41. The van der Waals surface area contributed by atoms with Gasteiger partial charge in [0.15, 0.2) is 5.78 Å². The van der Waals surface area contributed by atoms with Gasteiger partial charge in [-0.05, 0) is 12.0 Å². The summed E-state index contributed by atoms with van der Waals surface area (Å²) in [5.41, 5.74) is 1.80. The Morgan fingerprint density at radius 1 is 1.31 bits per heavy atom. The molecule has 0 fully saturated rings. The topological polar surface area (TPSA) is 17.1 Å². The summed E-state index contributed by atoms with van der Waals surface area (Å²) in [6.07, 6.45) is 4.20. The molecule has 1 unspecified atom stereocenters. The molecule has 0 spiro atoms. The molecule has 1 aliphatic rings. The zero-order valence-corrected chi connectivity index (χ0v) is 8.76. The lowest BCUT2D eigenvalue weighted by Crippen LogP contribution is -2.03. The average molecular weight is 178 g/mol. The average Bonchev–Trinajstić information content (AvgIpc) is 2.46. The summed E-state index contributed by atoms with van der Waals surface area (Å²) in [7, 11) is 0. The van der Waals surface area contributed by atoms with E-state index in [0.29, 0.717) is 0 Å². The highest BCUT2D eigenvalue weighted by Gasteiger charge is 2.25. The van der Waals surface area contributed by atoms with Crippen molar-refractivity contribution in [3.05, 3.63) is 36.5 Å². The zero-order valence-electron chi connectivity index (χ0n) is 8.76. The summed E-state index contributed by atoms with van der Waals surface area (Å²) in [5.74, 6) is 0.325. The molecule has 1 atom stereocenters. The van der Waals surface area contributed by atoms with E-state index in [0.717, 1.165) is 17.6 Å². The molecule has 1 nitrogen and oxygen atoms in total. The van der Waals surface area contributed by atoms with E-state index < -0.39 is 0 Å². The first-order chi connectivity index (χ1) is 6.20. The molecule has 0 radical (unpaired) electrons. The van der Waals surface area contributed by atoms with Crippen LogP contribution in [0.1, 0.15) is 27.2 Å². The number of hydrogen-bond acceptors (Lipinski definition) is 1. The Bertz CT molecular complexity index is 246. The molecule has 0 saturated heterocycles. The van der Waals surface area contributed by atoms with Crippen LogP contribution < -0.4 is 0 Å². The lowest BCUT2D eigenvalue weighted by atomic mass is 10.1. The summed E-state index contributed by atoms with van der Waals surface area (Å²) in [4.78, 5) is 11.3. The molecule has 0 aromatic carbocycles. The van der Waals surface area contributed by atoms with E-state index in [9.17, 15) is 4.79 Å². The van der Waals surface area contributed by atoms with Crippen LogP contribution in [-0.2, 0) is 4.79 Å². The van der Waals surface area contributed by atoms with E-state index in [4.69, 9.17) is 0 Å². The van der Waals surface area contributed by atoms with Crippen molar-refractivity contribution >= 4 is 5.78 Å². The Labute approximate surface area is 80.8 Å². The molecule has 72 valence electrons. The summed E-state index contributed by atoms with van der Waals surface area (Å²) in [6, 6.07) is 0. The molecule has 1 heteroatoms. The minimum Gasteiger partial charge on any atom is -0.294 e. The molecular weight excluding hydrogens is 160 g/mol. The fourth-order valence-corrected chi connectivity index (χ4v) is 1.38. The summed E-state index contributed by atoms with van der Waals surface area (Å²) in [5, 5.41) is 0. The smallest absolute Gasteiger partial charge is 0.166 e. The normalized spacial score (nSPS) is 20.8. The van der Waals surface area contributed by atoms with Crippen LogP contribution in [-0.4, -0.2) is 5.78 Å². The lowest BCUT2D eigenvalue weighted by Gasteiger charge is -1.95. The van der Waals surface area contributed by atoms with Gasteiger partial charge in [-0.1, -0.05) is 46.1 Å². The Morgan fingerprint density at radius 3 is 2.15 bits per heavy atom. The van der Waals surface area contributed by atoms with Gasteiger partial charge in [0.05, 0.1) is 0 Å². The molecule has 0 amide bonds. The van der Waals surface area contributed by atoms with Crippen molar-refractivity contribution in [1.82, 2.24) is 0 Å². The number of carbonyl (C=O) groups excluding carboxylic acids is 1. The first-order valence-electron chi connectivity index (χ1n) is 4.73. The number of Topliss-reactive ketones (excluding diaryl/α,β-unsaturated/α-hetero) is 1. The van der Waals surface area contributed by atoms with Crippen LogP contribution in [0.25, 0.3) is 0 Å². The summed E-state index contributed by atoms with van der Waals surface area (Å²) >= 11 is 0. The van der Waals surface area contributed by atoms with Crippen molar-refractivity contribution in [1.29, 1.82) is 0 Å². The molecule has 0 aromatic rings. The van der Waals surface area contributed by atoms with Crippen molar-refractivity contribution < 1.29 is 4.79 Å². The number of hydrogen-bond donors (Lipinski definition) is 0. The van der Waals surface area contributed by atoms with Gasteiger partial charge in [-0.3, -0.25) is 4.79 Å². The quantitative estimate of drug-likeness (QED) is 0.634. The second-order valence-electron chi connectivity index (χ2n) is 2.82. The van der Waals surface area contributed by atoms with Gasteiger partial charge >= 0.3 is 0 Å². The fraction of sp³-hybridized carbons (Fsp3) is 0.417. The molecule has 1 aliphatic carbocycles. The predicted octanol–water partition coefficient (Wildman–Crippen LogP) is 3.29. The van der Waals surface area contributed by atoms with Gasteiger partial charge in [0.2, 0.25) is 0 Å². The van der Waals surface area contributed by atoms with Gasteiger partial charge in [0.1, 0.15) is 0 Å². The van der Waals surface area contributed by atoms with Crippen LogP contribution in [0.2, 0.25) is 0 Å². The van der Waals surface area contributed by atoms with E-state index in [1.165, 1.54) is 0 Å². The highest BCUT2D eigenvalue weighted by molar-refractivity contribution is 6.03. The van der Waals surface area contributed by atoms with E-state index in [2.05, 4.69) is 13.2 Å². The molecule has 0 aliphatic heterocycles. The van der Waals surface area contributed by atoms with E-state index in [-0.39, 0.29) is 11.7 Å². The third-order valence-corrected chi connectivity index (χ3v) is 2.04. The van der Waals surface area contributed by atoms with Gasteiger partial charge in [-0.15, -0.1) is 0 Å². The molecule has 0 bridgehead atoms. The maximum absolute atomic E-state index is 11.3. The van der Waals surface area contributed by atoms with E-state index >= 15 is 0 Å². The van der Waals surface area contributed by atoms with Crippen LogP contribution in [0.5, 0.6) is 0 Å². The lowest BCUT2D eigenvalue weighted by molar-refractivity contribution is -0.117. The highest BCUT2D eigenvalue weighted by atomic mass is 16.1. The van der Waals surface area contributed by atoms with Crippen molar-refractivity contribution in [2.45, 2.75) is 27.2 Å². The number of rotatable bonds is 2. The monoisotopic (exact) mass is 178 g/mol. The Morgan fingerprint density at radius 2 is 1.85 bits per heavy atom. The minimum absolute atomic E-state index is 0.121. The molecule has 0 aromatic heterocycles. The molecule has 1 rings (SSSR count). The third-order valence-electron chi connectivity index (χ3n) is 2.04. The van der Waals surface area contributed by atoms with Crippen molar-refractivity contribution in [2.75, 3.05) is 0 Å². The van der Waals surface area contributed by atoms with Crippen molar-refractivity contribution in [3.8, 4) is 0 Å². The fourth-order valence-electron chi connectivity index (χ4n) is 1.38. The van der Waals surface area contributed by atoms with Gasteiger partial charge in [-0.25, -0.2) is 0 Å². The van der Waals surface area contributed by atoms with Crippen LogP contribution in [0, 0.1) is 5.92 Å². The van der Waals surface area contributed by atoms with Gasteiger partial charge in [-0.2, -0.15) is 0 Å². The Kier molecular flexibility index (Phi) is 5.05. The minimum atomic E-state index is 0.121. The first-order valence-corrected chi connectivity index (χ1v) is 4.73. The van der Waals surface area contributed by atoms with Crippen molar-refractivity contribution in [3.63, 3.8) is 0 Å². The van der Waals surface area contributed by atoms with Crippen LogP contribution in [0.3, 0.4) is 0 Å². The maximum Gasteiger partial charge on any atom is 0.166 e. The second-order valence-corrected chi connectivity index (χ2v) is 2.82. The standard InChI is InChI=1S/C10H12O.C2H6/c1-4-8-6-7(3)10(11)9(8)5-2;1-2/h4-5,7H,1-2,6H2,3H3;1-2H3. The zero-order chi connectivity index (χ0) is 10.4. The van der Waals surface area contributed by atoms with Crippen LogP contribution in [0.4, 0.5) is 0 Å². The molecular formula is C12H18O. The molecule has 0 N–H and O–H groups in total. The Balaban J connectivity index is 0.000000671. The summed E-state index contributed by atoms with van der Waals surface area (Å²) < 4.78 is 0.